The van der Waals surface area contributed by atoms with Gasteiger partial charge in [0.1, 0.15) is 5.82 Å². The maximum absolute atomic E-state index is 14.3. The zero-order valence-electron chi connectivity index (χ0n) is 12.2. The van der Waals surface area contributed by atoms with Crippen LogP contribution in [-0.2, 0) is 6.54 Å². The molecular formula is C17H20FN3. The van der Waals surface area contributed by atoms with E-state index in [0.29, 0.717) is 12.6 Å². The SMILES string of the molecule is CC1CN(Cc2ccc(-c3ccncc3)cc2F)CCN1. The normalized spacial score (nSPS) is 19.6. The van der Waals surface area contributed by atoms with Crippen LogP contribution in [0.1, 0.15) is 12.5 Å². The maximum atomic E-state index is 14.3. The Morgan fingerprint density at radius 2 is 2.05 bits per heavy atom. The van der Waals surface area contributed by atoms with Gasteiger partial charge in [0.15, 0.2) is 0 Å². The minimum absolute atomic E-state index is 0.129. The number of halogens is 1. The van der Waals surface area contributed by atoms with Crippen molar-refractivity contribution in [3.05, 3.63) is 54.1 Å². The van der Waals surface area contributed by atoms with Crippen LogP contribution >= 0.6 is 0 Å². The second-order valence-corrected chi connectivity index (χ2v) is 5.63. The number of nitrogens with zero attached hydrogens (tertiary/aromatic N) is 2. The first-order chi connectivity index (χ1) is 10.2. The van der Waals surface area contributed by atoms with Gasteiger partial charge in [0.25, 0.3) is 0 Å². The lowest BCUT2D eigenvalue weighted by Crippen LogP contribution is -2.48. The van der Waals surface area contributed by atoms with E-state index in [4.69, 9.17) is 0 Å². The Morgan fingerprint density at radius 1 is 1.24 bits per heavy atom. The molecule has 3 nitrogen and oxygen atoms in total. The second-order valence-electron chi connectivity index (χ2n) is 5.63. The van der Waals surface area contributed by atoms with Crippen LogP contribution in [0.2, 0.25) is 0 Å². The fourth-order valence-corrected chi connectivity index (χ4v) is 2.80. The molecule has 1 saturated heterocycles. The summed E-state index contributed by atoms with van der Waals surface area (Å²) in [6, 6.07) is 9.77. The Balaban J connectivity index is 1.75. The van der Waals surface area contributed by atoms with E-state index in [1.165, 1.54) is 0 Å². The van der Waals surface area contributed by atoms with Gasteiger partial charge in [0, 0.05) is 50.2 Å². The summed E-state index contributed by atoms with van der Waals surface area (Å²) in [5.74, 6) is -0.129. The maximum Gasteiger partial charge on any atom is 0.128 e. The smallest absolute Gasteiger partial charge is 0.128 e. The fraction of sp³-hybridized carbons (Fsp3) is 0.353. The molecule has 1 atom stereocenters. The van der Waals surface area contributed by atoms with Crippen molar-refractivity contribution in [2.45, 2.75) is 19.5 Å². The molecule has 0 saturated carbocycles. The lowest BCUT2D eigenvalue weighted by atomic mass is 10.0. The number of piperazine rings is 1. The number of hydrogen-bond donors (Lipinski definition) is 1. The molecule has 0 radical (unpaired) electrons. The molecule has 21 heavy (non-hydrogen) atoms. The Kier molecular flexibility index (Phi) is 4.27. The highest BCUT2D eigenvalue weighted by molar-refractivity contribution is 5.63. The lowest BCUT2D eigenvalue weighted by Gasteiger charge is -2.31. The van der Waals surface area contributed by atoms with E-state index in [1.54, 1.807) is 18.5 Å². The van der Waals surface area contributed by atoms with Crippen LogP contribution in [-0.4, -0.2) is 35.6 Å². The van der Waals surface area contributed by atoms with E-state index in [2.05, 4.69) is 22.1 Å². The van der Waals surface area contributed by atoms with E-state index in [0.717, 1.165) is 36.3 Å². The number of aromatic nitrogens is 1. The van der Waals surface area contributed by atoms with Crippen LogP contribution in [0.25, 0.3) is 11.1 Å². The standard InChI is InChI=1S/C17H20FN3/c1-13-11-21(9-8-20-13)12-16-3-2-15(10-17(16)18)14-4-6-19-7-5-14/h2-7,10,13,20H,8-9,11-12H2,1H3. The fourth-order valence-electron chi connectivity index (χ4n) is 2.80. The molecule has 1 unspecified atom stereocenters. The molecule has 1 aromatic heterocycles. The second kappa shape index (κ2) is 6.33. The minimum Gasteiger partial charge on any atom is -0.312 e. The Bertz CT molecular complexity index is 600. The van der Waals surface area contributed by atoms with Crippen molar-refractivity contribution in [1.82, 2.24) is 15.2 Å². The predicted octanol–water partition coefficient (Wildman–Crippen LogP) is 2.68. The van der Waals surface area contributed by atoms with Gasteiger partial charge in [-0.1, -0.05) is 12.1 Å². The third-order valence-corrected chi connectivity index (χ3v) is 3.91. The van der Waals surface area contributed by atoms with Gasteiger partial charge >= 0.3 is 0 Å². The monoisotopic (exact) mass is 285 g/mol. The van der Waals surface area contributed by atoms with Crippen LogP contribution in [0.5, 0.6) is 0 Å². The zero-order chi connectivity index (χ0) is 14.7. The Labute approximate surface area is 124 Å². The van der Waals surface area contributed by atoms with Gasteiger partial charge in [-0.2, -0.15) is 0 Å². The highest BCUT2D eigenvalue weighted by Crippen LogP contribution is 2.22. The molecule has 1 fully saturated rings. The van der Waals surface area contributed by atoms with Crippen molar-refractivity contribution in [3.8, 4) is 11.1 Å². The Morgan fingerprint density at radius 3 is 2.76 bits per heavy atom. The van der Waals surface area contributed by atoms with Gasteiger partial charge in [-0.25, -0.2) is 4.39 Å². The van der Waals surface area contributed by atoms with Gasteiger partial charge in [-0.05, 0) is 36.2 Å². The molecule has 110 valence electrons. The first-order valence-electron chi connectivity index (χ1n) is 7.37. The molecule has 1 aromatic carbocycles. The van der Waals surface area contributed by atoms with E-state index in [1.807, 2.05) is 24.3 Å². The van der Waals surface area contributed by atoms with Crippen molar-refractivity contribution < 1.29 is 4.39 Å². The molecule has 4 heteroatoms. The molecule has 0 aliphatic carbocycles. The summed E-state index contributed by atoms with van der Waals surface area (Å²) in [7, 11) is 0. The van der Waals surface area contributed by atoms with Gasteiger partial charge in [-0.3, -0.25) is 9.88 Å². The van der Waals surface area contributed by atoms with Crippen molar-refractivity contribution in [1.29, 1.82) is 0 Å². The number of nitrogens with one attached hydrogen (secondary N) is 1. The molecule has 0 amide bonds. The summed E-state index contributed by atoms with van der Waals surface area (Å²) in [5.41, 5.74) is 2.65. The summed E-state index contributed by atoms with van der Waals surface area (Å²) in [6.07, 6.45) is 3.45. The highest BCUT2D eigenvalue weighted by atomic mass is 19.1. The van der Waals surface area contributed by atoms with E-state index in [9.17, 15) is 4.39 Å². The van der Waals surface area contributed by atoms with Gasteiger partial charge in [-0.15, -0.1) is 0 Å². The quantitative estimate of drug-likeness (QED) is 0.940. The minimum atomic E-state index is -0.129. The topological polar surface area (TPSA) is 28.2 Å². The molecule has 2 heterocycles. The van der Waals surface area contributed by atoms with Crippen molar-refractivity contribution >= 4 is 0 Å². The van der Waals surface area contributed by atoms with Gasteiger partial charge in [0.05, 0.1) is 0 Å². The van der Waals surface area contributed by atoms with Crippen molar-refractivity contribution in [2.75, 3.05) is 19.6 Å². The van der Waals surface area contributed by atoms with E-state index in [-0.39, 0.29) is 5.82 Å². The summed E-state index contributed by atoms with van der Waals surface area (Å²) >= 11 is 0. The third kappa shape index (κ3) is 3.46. The van der Waals surface area contributed by atoms with Crippen LogP contribution in [0.4, 0.5) is 4.39 Å². The Hall–Kier alpha value is -1.78. The molecule has 1 aliphatic rings. The predicted molar refractivity (Wildman–Crippen MR) is 82.4 cm³/mol. The van der Waals surface area contributed by atoms with Crippen LogP contribution < -0.4 is 5.32 Å². The molecule has 1 N–H and O–H groups in total. The lowest BCUT2D eigenvalue weighted by molar-refractivity contribution is 0.197. The molecular weight excluding hydrogens is 265 g/mol. The van der Waals surface area contributed by atoms with Gasteiger partial charge in [0.2, 0.25) is 0 Å². The first-order valence-corrected chi connectivity index (χ1v) is 7.37. The molecule has 0 bridgehead atoms. The van der Waals surface area contributed by atoms with Crippen molar-refractivity contribution in [3.63, 3.8) is 0 Å². The van der Waals surface area contributed by atoms with Crippen molar-refractivity contribution in [2.24, 2.45) is 0 Å². The van der Waals surface area contributed by atoms with E-state index >= 15 is 0 Å². The number of rotatable bonds is 3. The third-order valence-electron chi connectivity index (χ3n) is 3.91. The van der Waals surface area contributed by atoms with Crippen LogP contribution in [0.3, 0.4) is 0 Å². The zero-order valence-corrected chi connectivity index (χ0v) is 12.2. The summed E-state index contributed by atoms with van der Waals surface area (Å²) in [6.45, 7) is 5.74. The highest BCUT2D eigenvalue weighted by Gasteiger charge is 2.17. The largest absolute Gasteiger partial charge is 0.312 e. The van der Waals surface area contributed by atoms with Crippen LogP contribution in [0, 0.1) is 5.82 Å². The molecule has 2 aromatic rings. The summed E-state index contributed by atoms with van der Waals surface area (Å²) < 4.78 is 14.3. The first kappa shape index (κ1) is 14.2. The van der Waals surface area contributed by atoms with Crippen LogP contribution in [0.15, 0.2) is 42.7 Å². The number of hydrogen-bond acceptors (Lipinski definition) is 3. The average Bonchev–Trinajstić information content (AvgIpc) is 2.50. The van der Waals surface area contributed by atoms with Gasteiger partial charge < -0.3 is 5.32 Å². The summed E-state index contributed by atoms with van der Waals surface area (Å²) in [5, 5.41) is 3.40. The average molecular weight is 285 g/mol. The molecule has 0 spiro atoms. The molecule has 3 rings (SSSR count). The number of benzene rings is 1. The van der Waals surface area contributed by atoms with E-state index < -0.39 is 0 Å². The summed E-state index contributed by atoms with van der Waals surface area (Å²) in [4.78, 5) is 6.29. The number of pyridine rings is 1. The molecule has 1 aliphatic heterocycles.